The third-order valence-electron chi connectivity index (χ3n) is 2.77. The zero-order valence-electron chi connectivity index (χ0n) is 8.09. The molecule has 1 fully saturated rings. The predicted molar refractivity (Wildman–Crippen MR) is 55.6 cm³/mol. The zero-order valence-corrected chi connectivity index (χ0v) is 8.09. The highest BCUT2D eigenvalue weighted by Gasteiger charge is 2.19. The molecule has 0 aliphatic heterocycles. The van der Waals surface area contributed by atoms with E-state index in [-0.39, 0.29) is 5.82 Å². The first kappa shape index (κ1) is 9.46. The molecule has 14 heavy (non-hydrogen) atoms. The summed E-state index contributed by atoms with van der Waals surface area (Å²) in [5.41, 5.74) is 7.00. The first-order valence-corrected chi connectivity index (χ1v) is 5.05. The first-order chi connectivity index (χ1) is 6.81. The summed E-state index contributed by atoms with van der Waals surface area (Å²) in [7, 11) is 0. The van der Waals surface area contributed by atoms with Gasteiger partial charge in [0.1, 0.15) is 5.82 Å². The molecule has 0 heterocycles. The van der Waals surface area contributed by atoms with Gasteiger partial charge in [0, 0.05) is 12.6 Å². The van der Waals surface area contributed by atoms with Gasteiger partial charge in [-0.25, -0.2) is 4.39 Å². The molecular formula is C11H15FN2. The molecule has 1 aliphatic rings. The molecule has 76 valence electrons. The molecule has 2 rings (SSSR count). The highest BCUT2D eigenvalue weighted by atomic mass is 19.1. The Bertz CT molecular complexity index is 321. The molecule has 0 amide bonds. The maximum absolute atomic E-state index is 13.4. The minimum atomic E-state index is -0.195. The van der Waals surface area contributed by atoms with Crippen LogP contribution in [0.3, 0.4) is 0 Å². The maximum Gasteiger partial charge on any atom is 0.146 e. The standard InChI is InChI=1S/C11H15FN2/c12-10-6-1-3-8(7-13)11(10)14-9-4-2-5-9/h1,3,6,9,14H,2,4-5,7,13H2. The van der Waals surface area contributed by atoms with Crippen LogP contribution < -0.4 is 11.1 Å². The van der Waals surface area contributed by atoms with E-state index in [1.807, 2.05) is 6.07 Å². The van der Waals surface area contributed by atoms with Crippen LogP contribution in [0, 0.1) is 5.82 Å². The molecular weight excluding hydrogens is 179 g/mol. The molecule has 0 spiro atoms. The summed E-state index contributed by atoms with van der Waals surface area (Å²) in [5, 5.41) is 3.21. The van der Waals surface area contributed by atoms with E-state index < -0.39 is 0 Å². The number of nitrogens with one attached hydrogen (secondary N) is 1. The maximum atomic E-state index is 13.4. The number of benzene rings is 1. The normalized spacial score (nSPS) is 16.4. The van der Waals surface area contributed by atoms with E-state index >= 15 is 0 Å². The van der Waals surface area contributed by atoms with Crippen LogP contribution in [-0.2, 0) is 6.54 Å². The Morgan fingerprint density at radius 1 is 1.43 bits per heavy atom. The minimum Gasteiger partial charge on any atom is -0.380 e. The van der Waals surface area contributed by atoms with Crippen LogP contribution in [0.15, 0.2) is 18.2 Å². The molecule has 3 heteroatoms. The van der Waals surface area contributed by atoms with Gasteiger partial charge in [0.05, 0.1) is 5.69 Å². The highest BCUT2D eigenvalue weighted by Crippen LogP contribution is 2.27. The van der Waals surface area contributed by atoms with Crippen molar-refractivity contribution >= 4 is 5.69 Å². The summed E-state index contributed by atoms with van der Waals surface area (Å²) in [6, 6.07) is 5.48. The third-order valence-corrected chi connectivity index (χ3v) is 2.77. The van der Waals surface area contributed by atoms with Gasteiger partial charge >= 0.3 is 0 Å². The van der Waals surface area contributed by atoms with Crippen molar-refractivity contribution in [2.24, 2.45) is 5.73 Å². The topological polar surface area (TPSA) is 38.0 Å². The fourth-order valence-electron chi connectivity index (χ4n) is 1.66. The Labute approximate surface area is 83.3 Å². The van der Waals surface area contributed by atoms with E-state index in [1.165, 1.54) is 12.5 Å². The van der Waals surface area contributed by atoms with Crippen molar-refractivity contribution in [3.8, 4) is 0 Å². The monoisotopic (exact) mass is 194 g/mol. The zero-order chi connectivity index (χ0) is 9.97. The van der Waals surface area contributed by atoms with Crippen LogP contribution in [0.25, 0.3) is 0 Å². The van der Waals surface area contributed by atoms with E-state index in [1.54, 1.807) is 6.07 Å². The lowest BCUT2D eigenvalue weighted by Crippen LogP contribution is -2.28. The summed E-state index contributed by atoms with van der Waals surface area (Å²) in [5.74, 6) is -0.195. The van der Waals surface area contributed by atoms with Gasteiger partial charge < -0.3 is 11.1 Å². The number of hydrogen-bond donors (Lipinski definition) is 2. The van der Waals surface area contributed by atoms with Gasteiger partial charge in [0.25, 0.3) is 0 Å². The lowest BCUT2D eigenvalue weighted by atomic mass is 9.92. The highest BCUT2D eigenvalue weighted by molar-refractivity contribution is 5.53. The average molecular weight is 194 g/mol. The molecule has 0 radical (unpaired) electrons. The van der Waals surface area contributed by atoms with Crippen LogP contribution in [-0.4, -0.2) is 6.04 Å². The van der Waals surface area contributed by atoms with Crippen LogP contribution in [0.4, 0.5) is 10.1 Å². The molecule has 3 N–H and O–H groups in total. The van der Waals surface area contributed by atoms with Gasteiger partial charge in [-0.3, -0.25) is 0 Å². The SMILES string of the molecule is NCc1cccc(F)c1NC1CCC1. The molecule has 0 saturated heterocycles. The second-order valence-corrected chi connectivity index (χ2v) is 3.75. The number of rotatable bonds is 3. The summed E-state index contributed by atoms with van der Waals surface area (Å²) < 4.78 is 13.4. The van der Waals surface area contributed by atoms with E-state index in [0.717, 1.165) is 18.4 Å². The van der Waals surface area contributed by atoms with Crippen molar-refractivity contribution in [2.45, 2.75) is 31.8 Å². The number of hydrogen-bond acceptors (Lipinski definition) is 2. The molecule has 0 aromatic heterocycles. The first-order valence-electron chi connectivity index (χ1n) is 5.05. The van der Waals surface area contributed by atoms with Gasteiger partial charge in [-0.1, -0.05) is 12.1 Å². The predicted octanol–water partition coefficient (Wildman–Crippen LogP) is 2.25. The van der Waals surface area contributed by atoms with Gasteiger partial charge in [0.15, 0.2) is 0 Å². The van der Waals surface area contributed by atoms with Crippen LogP contribution in [0.2, 0.25) is 0 Å². The number of halogens is 1. The second-order valence-electron chi connectivity index (χ2n) is 3.75. The van der Waals surface area contributed by atoms with Gasteiger partial charge in [-0.15, -0.1) is 0 Å². The molecule has 0 unspecified atom stereocenters. The van der Waals surface area contributed by atoms with Crippen molar-refractivity contribution in [1.29, 1.82) is 0 Å². The fraction of sp³-hybridized carbons (Fsp3) is 0.455. The van der Waals surface area contributed by atoms with E-state index in [0.29, 0.717) is 18.3 Å². The van der Waals surface area contributed by atoms with Crippen molar-refractivity contribution in [3.05, 3.63) is 29.6 Å². The largest absolute Gasteiger partial charge is 0.380 e. The van der Waals surface area contributed by atoms with E-state index in [2.05, 4.69) is 5.32 Å². The molecule has 1 aromatic rings. The second kappa shape index (κ2) is 3.96. The van der Waals surface area contributed by atoms with E-state index in [4.69, 9.17) is 5.73 Å². The number of anilines is 1. The Morgan fingerprint density at radius 2 is 2.21 bits per heavy atom. The third kappa shape index (κ3) is 1.73. The smallest absolute Gasteiger partial charge is 0.146 e. The number of para-hydroxylation sites is 1. The molecule has 2 nitrogen and oxygen atoms in total. The summed E-state index contributed by atoms with van der Waals surface area (Å²) in [6.07, 6.45) is 3.51. The molecule has 0 atom stereocenters. The lowest BCUT2D eigenvalue weighted by Gasteiger charge is -2.28. The average Bonchev–Trinajstić information content (AvgIpc) is 2.12. The molecule has 1 aliphatic carbocycles. The number of nitrogens with two attached hydrogens (primary N) is 1. The van der Waals surface area contributed by atoms with Gasteiger partial charge in [-0.2, -0.15) is 0 Å². The van der Waals surface area contributed by atoms with Crippen molar-refractivity contribution < 1.29 is 4.39 Å². The van der Waals surface area contributed by atoms with Crippen molar-refractivity contribution in [1.82, 2.24) is 0 Å². The van der Waals surface area contributed by atoms with E-state index in [9.17, 15) is 4.39 Å². The van der Waals surface area contributed by atoms with Gasteiger partial charge in [-0.05, 0) is 30.9 Å². The lowest BCUT2D eigenvalue weighted by molar-refractivity contribution is 0.442. The quantitative estimate of drug-likeness (QED) is 0.774. The van der Waals surface area contributed by atoms with Crippen LogP contribution in [0.1, 0.15) is 24.8 Å². The van der Waals surface area contributed by atoms with Gasteiger partial charge in [0.2, 0.25) is 0 Å². The summed E-state index contributed by atoms with van der Waals surface area (Å²) >= 11 is 0. The summed E-state index contributed by atoms with van der Waals surface area (Å²) in [4.78, 5) is 0. The Morgan fingerprint density at radius 3 is 2.79 bits per heavy atom. The Hall–Kier alpha value is -1.09. The molecule has 1 aromatic carbocycles. The van der Waals surface area contributed by atoms with Crippen LogP contribution in [0.5, 0.6) is 0 Å². The molecule has 1 saturated carbocycles. The Balaban J connectivity index is 2.19. The van der Waals surface area contributed by atoms with Crippen molar-refractivity contribution in [3.63, 3.8) is 0 Å². The summed E-state index contributed by atoms with van der Waals surface area (Å²) in [6.45, 7) is 0.382. The fourth-order valence-corrected chi connectivity index (χ4v) is 1.66. The Kier molecular flexibility index (Phi) is 2.68. The van der Waals surface area contributed by atoms with Crippen LogP contribution >= 0.6 is 0 Å². The van der Waals surface area contributed by atoms with Crippen molar-refractivity contribution in [2.75, 3.05) is 5.32 Å². The minimum absolute atomic E-state index is 0.195. The molecule has 0 bridgehead atoms.